The van der Waals surface area contributed by atoms with Crippen molar-refractivity contribution in [2.24, 2.45) is 33.7 Å². The van der Waals surface area contributed by atoms with Gasteiger partial charge in [-0.1, -0.05) is 0 Å². The molecule has 3 rings (SSSR count). The number of ether oxygens (including phenoxy) is 2. The van der Waals surface area contributed by atoms with Gasteiger partial charge in [-0.25, -0.2) is 9.79 Å². The number of carbonyl (C=O) groups is 5. The van der Waals surface area contributed by atoms with Crippen molar-refractivity contribution in [1.29, 1.82) is 0 Å². The Morgan fingerprint density at radius 2 is 1.45 bits per heavy atom. The summed E-state index contributed by atoms with van der Waals surface area (Å²) in [6.45, 7) is 0.758. The topological polar surface area (TPSA) is 379 Å². The molecule has 0 aromatic rings. The third-order valence-electron chi connectivity index (χ3n) is 9.09. The van der Waals surface area contributed by atoms with E-state index in [1.165, 1.54) is 0 Å². The van der Waals surface area contributed by atoms with E-state index in [4.69, 9.17) is 38.1 Å². The summed E-state index contributed by atoms with van der Waals surface area (Å²) in [5.74, 6) is -1.34. The minimum atomic E-state index is -1.63. The van der Waals surface area contributed by atoms with Crippen LogP contribution in [0.5, 0.6) is 0 Å². The zero-order valence-corrected chi connectivity index (χ0v) is 29.8. The molecule has 0 saturated carbocycles. The smallest absolute Gasteiger partial charge is 0.404 e. The van der Waals surface area contributed by atoms with Gasteiger partial charge in [0.1, 0.15) is 31.0 Å². The molecule has 2 saturated heterocycles. The summed E-state index contributed by atoms with van der Waals surface area (Å²) < 4.78 is 10.6. The van der Waals surface area contributed by atoms with Crippen molar-refractivity contribution in [2.75, 3.05) is 32.8 Å². The molecule has 5 amide bonds. The largest absolute Gasteiger partial charge is 0.447 e. The van der Waals surface area contributed by atoms with Crippen molar-refractivity contribution in [2.45, 2.75) is 125 Å². The molecule has 2 fully saturated rings. The van der Waals surface area contributed by atoms with E-state index < -0.39 is 85.4 Å². The molecule has 3 aliphatic rings. The van der Waals surface area contributed by atoms with Crippen LogP contribution < -0.4 is 60.6 Å². The second-order valence-electron chi connectivity index (χ2n) is 13.7. The first kappa shape index (κ1) is 43.5. The molecule has 0 unspecified atom stereocenters. The number of hydrogen-bond donors (Lipinski definition) is 14. The van der Waals surface area contributed by atoms with Gasteiger partial charge < -0.3 is 85.4 Å². The Morgan fingerprint density at radius 3 is 2.00 bits per heavy atom. The summed E-state index contributed by atoms with van der Waals surface area (Å²) in [4.78, 5) is 65.0. The Morgan fingerprint density at radius 1 is 0.887 bits per heavy atom. The number of fused-ring (bicyclic) bond motifs is 1. The van der Waals surface area contributed by atoms with E-state index in [-0.39, 0.29) is 49.6 Å². The summed E-state index contributed by atoms with van der Waals surface area (Å²) >= 11 is 0. The van der Waals surface area contributed by atoms with E-state index in [1.807, 2.05) is 0 Å². The monoisotopic (exact) mass is 758 g/mol. The van der Waals surface area contributed by atoms with Crippen LogP contribution in [0.4, 0.5) is 4.79 Å². The number of carbonyl (C=O) groups excluding carboxylic acids is 5. The van der Waals surface area contributed by atoms with E-state index in [9.17, 15) is 39.3 Å². The highest BCUT2D eigenvalue weighted by Gasteiger charge is 2.48. The normalized spacial score (nSPS) is 28.2. The van der Waals surface area contributed by atoms with E-state index >= 15 is 0 Å². The molecule has 0 radical (unpaired) electrons. The minimum Gasteiger partial charge on any atom is -0.447 e. The number of nitrogens with zero attached hydrogens (tertiary/aromatic N) is 1. The molecular formula is C31H58N12O10. The lowest BCUT2D eigenvalue weighted by Crippen LogP contribution is -2.69. The zero-order valence-electron chi connectivity index (χ0n) is 29.8. The summed E-state index contributed by atoms with van der Waals surface area (Å²) in [7, 11) is 0. The second kappa shape index (κ2) is 21.7. The molecule has 11 atom stereocenters. The number of piperidine rings is 1. The van der Waals surface area contributed by atoms with Crippen LogP contribution in [-0.2, 0) is 28.7 Å². The van der Waals surface area contributed by atoms with Gasteiger partial charge in [0.25, 0.3) is 0 Å². The molecule has 22 nitrogen and oxygen atoms in total. The van der Waals surface area contributed by atoms with Gasteiger partial charge in [-0.15, -0.1) is 0 Å². The Labute approximate surface area is 307 Å². The van der Waals surface area contributed by atoms with Gasteiger partial charge in [0.2, 0.25) is 23.6 Å². The van der Waals surface area contributed by atoms with Crippen LogP contribution >= 0.6 is 0 Å². The number of primary amides is 1. The maximum atomic E-state index is 13.0. The fraction of sp³-hybridized carbons (Fsp3) is 0.806. The molecule has 22 heteroatoms. The summed E-state index contributed by atoms with van der Waals surface area (Å²) in [6.07, 6.45) is -4.28. The number of nitrogens with one attached hydrogen (secondary N) is 6. The summed E-state index contributed by atoms with van der Waals surface area (Å²) in [6, 6.07) is -4.21. The standard InChI is InChI=1S/C31H58N12O10/c32-7-1-4-15(33)10-20(45)37-8-2-5-16(34)11-21(46)38-9-3-6-17(35)12-22(47)40-25-27(49)26(48)19(14-52-30(36)51)53-29(25)43-31-41-23-18(44)13-39-28(50)24(23)42-31/h15-19,23-27,29,44,48-49H,1-14,32-35H2,(H2,36,51)(H,37,45)(H,38,46)(H,39,50)(H,40,47)(H2,41,42,43)/t15-,16-,17-,18-,19-,23-,24+,25-,26-,27+,29-/m1/s1. The predicted octanol–water partition coefficient (Wildman–Crippen LogP) is -6.53. The third kappa shape index (κ3) is 14.5. The molecule has 0 bridgehead atoms. The van der Waals surface area contributed by atoms with E-state index in [2.05, 4.69) is 36.9 Å². The third-order valence-corrected chi connectivity index (χ3v) is 9.09. The number of hydrogen-bond acceptors (Lipinski definition) is 17. The number of rotatable bonds is 21. The Kier molecular flexibility index (Phi) is 17.8. The highest BCUT2D eigenvalue weighted by molar-refractivity contribution is 5.92. The molecule has 0 aromatic carbocycles. The van der Waals surface area contributed by atoms with Crippen LogP contribution in [-0.4, -0.2) is 151 Å². The Bertz CT molecular complexity index is 1260. The molecular weight excluding hydrogens is 700 g/mol. The number of aliphatic hydroxyl groups excluding tert-OH is 3. The SMILES string of the molecule is NCCC[C@@H](N)CC(=O)NCCC[C@@H](N)CC(=O)NCCC[C@@H](N)CC(=O)N[C@@H]1[C@H](O)[C@H](O)[C@@H](COC(N)=O)O[C@H]1NC1=N[C@@H]2C(=O)NC[C@@H](O)[C@H]2N1. The number of β-amino-alcohol motifs (C(OH)–C–C–N with tert-alkyl or cyclic N) is 1. The molecule has 0 aliphatic carbocycles. The molecule has 302 valence electrons. The van der Waals surface area contributed by atoms with Crippen LogP contribution in [0.25, 0.3) is 0 Å². The van der Waals surface area contributed by atoms with E-state index in [0.29, 0.717) is 51.7 Å². The lowest BCUT2D eigenvalue weighted by molar-refractivity contribution is -0.198. The highest BCUT2D eigenvalue weighted by Crippen LogP contribution is 2.22. The van der Waals surface area contributed by atoms with Gasteiger partial charge in [-0.2, -0.15) is 0 Å². The first-order valence-corrected chi connectivity index (χ1v) is 18.0. The maximum absolute atomic E-state index is 13.0. The molecule has 0 spiro atoms. The first-order valence-electron chi connectivity index (χ1n) is 18.0. The second-order valence-corrected chi connectivity index (χ2v) is 13.7. The zero-order chi connectivity index (χ0) is 39.1. The lowest BCUT2D eigenvalue weighted by Gasteiger charge is -2.43. The van der Waals surface area contributed by atoms with Gasteiger partial charge >= 0.3 is 6.09 Å². The van der Waals surface area contributed by atoms with Gasteiger partial charge in [-0.3, -0.25) is 19.2 Å². The fourth-order valence-electron chi connectivity index (χ4n) is 6.20. The van der Waals surface area contributed by atoms with Crippen molar-refractivity contribution in [3.05, 3.63) is 0 Å². The summed E-state index contributed by atoms with van der Waals surface area (Å²) in [5.41, 5.74) is 28.7. The van der Waals surface area contributed by atoms with E-state index in [1.54, 1.807) is 0 Å². The van der Waals surface area contributed by atoms with Crippen molar-refractivity contribution in [3.8, 4) is 0 Å². The Hall–Kier alpha value is -3.90. The number of guanidine groups is 1. The fourth-order valence-corrected chi connectivity index (χ4v) is 6.20. The quantitative estimate of drug-likeness (QED) is 0.0484. The highest BCUT2D eigenvalue weighted by atomic mass is 16.6. The maximum Gasteiger partial charge on any atom is 0.404 e. The number of aliphatic imine (C=N–C) groups is 1. The van der Waals surface area contributed by atoms with Crippen molar-refractivity contribution >= 4 is 35.7 Å². The van der Waals surface area contributed by atoms with Crippen LogP contribution in [0.1, 0.15) is 57.8 Å². The van der Waals surface area contributed by atoms with Crippen LogP contribution in [0.2, 0.25) is 0 Å². The Balaban J connectivity index is 1.40. The van der Waals surface area contributed by atoms with Crippen molar-refractivity contribution in [1.82, 2.24) is 31.9 Å². The number of nitrogens with two attached hydrogens (primary N) is 5. The molecule has 3 aliphatic heterocycles. The van der Waals surface area contributed by atoms with Crippen molar-refractivity contribution < 1.29 is 48.8 Å². The lowest BCUT2D eigenvalue weighted by atomic mass is 9.95. The molecule has 19 N–H and O–H groups in total. The van der Waals surface area contributed by atoms with Gasteiger partial charge in [-0.05, 0) is 45.1 Å². The molecule has 53 heavy (non-hydrogen) atoms. The average molecular weight is 759 g/mol. The molecule has 0 aromatic heterocycles. The van der Waals surface area contributed by atoms with E-state index in [0.717, 1.165) is 6.42 Å². The van der Waals surface area contributed by atoms with Crippen molar-refractivity contribution in [3.63, 3.8) is 0 Å². The predicted molar refractivity (Wildman–Crippen MR) is 189 cm³/mol. The first-order chi connectivity index (χ1) is 25.2. The minimum absolute atomic E-state index is 0.0174. The molecule has 3 heterocycles. The number of aliphatic hydroxyl groups is 3. The summed E-state index contributed by atoms with van der Waals surface area (Å²) in [5, 5.41) is 48.5. The van der Waals surface area contributed by atoms with Gasteiger partial charge in [0.15, 0.2) is 18.2 Å². The van der Waals surface area contributed by atoms with Crippen LogP contribution in [0.15, 0.2) is 4.99 Å². The number of amides is 5. The van der Waals surface area contributed by atoms with Gasteiger partial charge in [0.05, 0.1) is 12.1 Å². The average Bonchev–Trinajstić information content (AvgIpc) is 3.53. The van der Waals surface area contributed by atoms with Crippen LogP contribution in [0.3, 0.4) is 0 Å². The van der Waals surface area contributed by atoms with Gasteiger partial charge in [0, 0.05) is 57.0 Å². The van der Waals surface area contributed by atoms with Crippen LogP contribution in [0, 0.1) is 0 Å².